The summed E-state index contributed by atoms with van der Waals surface area (Å²) >= 11 is 0. The van der Waals surface area contributed by atoms with E-state index in [1.165, 1.54) is 0 Å². The van der Waals surface area contributed by atoms with Crippen LogP contribution in [0, 0.1) is 17.2 Å². The number of anilines is 1. The maximum absolute atomic E-state index is 9.55. The molecule has 0 amide bonds. The fraction of sp³-hybridized carbons (Fsp3) is 0.562. The summed E-state index contributed by atoms with van der Waals surface area (Å²) in [6.45, 7) is 6.41. The van der Waals surface area contributed by atoms with E-state index in [0.29, 0.717) is 5.92 Å². The normalized spacial score (nSPS) is 15.1. The first kappa shape index (κ1) is 15.4. The molecule has 0 saturated heterocycles. The predicted octanol–water partition coefficient (Wildman–Crippen LogP) is 4.22. The van der Waals surface area contributed by atoms with E-state index in [1.54, 1.807) is 7.11 Å². The van der Waals surface area contributed by atoms with E-state index >= 15 is 0 Å². The molecule has 0 aliphatic carbocycles. The number of nitriles is 1. The summed E-state index contributed by atoms with van der Waals surface area (Å²) in [5.74, 6) is 1.36. The molecule has 0 radical (unpaired) electrons. The van der Waals surface area contributed by atoms with Gasteiger partial charge in [0.2, 0.25) is 0 Å². The zero-order valence-electron chi connectivity index (χ0n) is 12.4. The van der Waals surface area contributed by atoms with Gasteiger partial charge in [-0.05, 0) is 43.0 Å². The second-order valence-corrected chi connectivity index (χ2v) is 5.12. The summed E-state index contributed by atoms with van der Waals surface area (Å²) < 4.78 is 5.14. The van der Waals surface area contributed by atoms with Crippen LogP contribution in [-0.4, -0.2) is 12.6 Å². The Morgan fingerprint density at radius 2 is 1.95 bits per heavy atom. The number of rotatable bonds is 7. The molecule has 1 N–H and O–H groups in total. The van der Waals surface area contributed by atoms with Crippen molar-refractivity contribution in [3.05, 3.63) is 24.3 Å². The molecule has 0 saturated carbocycles. The molecule has 3 heteroatoms. The molecule has 1 aromatic rings. The smallest absolute Gasteiger partial charge is 0.125 e. The van der Waals surface area contributed by atoms with Crippen LogP contribution in [0.1, 0.15) is 40.0 Å². The van der Waals surface area contributed by atoms with Crippen molar-refractivity contribution in [2.45, 2.75) is 45.6 Å². The van der Waals surface area contributed by atoms with Crippen molar-refractivity contribution >= 4 is 5.69 Å². The third-order valence-corrected chi connectivity index (χ3v) is 3.69. The predicted molar refractivity (Wildman–Crippen MR) is 79.3 cm³/mol. The van der Waals surface area contributed by atoms with Gasteiger partial charge in [-0.3, -0.25) is 0 Å². The van der Waals surface area contributed by atoms with Crippen molar-refractivity contribution in [1.82, 2.24) is 0 Å². The lowest BCUT2D eigenvalue weighted by molar-refractivity contribution is 0.403. The minimum atomic E-state index is -0.482. The number of nitrogens with one attached hydrogen (secondary N) is 1. The molecule has 0 heterocycles. The second-order valence-electron chi connectivity index (χ2n) is 5.12. The molecule has 0 aromatic heterocycles. The van der Waals surface area contributed by atoms with E-state index in [2.05, 4.69) is 32.2 Å². The maximum Gasteiger partial charge on any atom is 0.125 e. The molecule has 104 valence electrons. The molecule has 2 atom stereocenters. The molecular formula is C16H24N2O. The number of ether oxygens (including phenoxy) is 1. The topological polar surface area (TPSA) is 45.0 Å². The van der Waals surface area contributed by atoms with E-state index in [9.17, 15) is 5.26 Å². The summed E-state index contributed by atoms with van der Waals surface area (Å²) in [5, 5.41) is 12.9. The molecule has 0 spiro atoms. The SMILES string of the molecule is CCC(C)CC(C#N)(CC)Nc1ccc(OC)cc1. The first-order valence-electron chi connectivity index (χ1n) is 6.92. The Bertz CT molecular complexity index is 421. The third-order valence-electron chi connectivity index (χ3n) is 3.69. The number of hydrogen-bond acceptors (Lipinski definition) is 3. The number of hydrogen-bond donors (Lipinski definition) is 1. The molecule has 0 bridgehead atoms. The van der Waals surface area contributed by atoms with E-state index in [1.807, 2.05) is 24.3 Å². The van der Waals surface area contributed by atoms with Crippen LogP contribution in [0.3, 0.4) is 0 Å². The highest BCUT2D eigenvalue weighted by atomic mass is 16.5. The van der Waals surface area contributed by atoms with Gasteiger partial charge in [0.25, 0.3) is 0 Å². The largest absolute Gasteiger partial charge is 0.497 e. The molecule has 3 nitrogen and oxygen atoms in total. The van der Waals surface area contributed by atoms with Gasteiger partial charge in [0.1, 0.15) is 11.3 Å². The van der Waals surface area contributed by atoms with E-state index < -0.39 is 5.54 Å². The van der Waals surface area contributed by atoms with Crippen molar-refractivity contribution in [3.8, 4) is 11.8 Å². The van der Waals surface area contributed by atoms with Crippen molar-refractivity contribution in [3.63, 3.8) is 0 Å². The summed E-state index contributed by atoms with van der Waals surface area (Å²) in [6.07, 6.45) is 2.75. The molecule has 0 fully saturated rings. The van der Waals surface area contributed by atoms with Crippen LogP contribution in [-0.2, 0) is 0 Å². The highest BCUT2D eigenvalue weighted by molar-refractivity contribution is 5.50. The fourth-order valence-corrected chi connectivity index (χ4v) is 2.13. The minimum Gasteiger partial charge on any atom is -0.497 e. The van der Waals surface area contributed by atoms with Gasteiger partial charge in [-0.1, -0.05) is 27.2 Å². The van der Waals surface area contributed by atoms with Crippen LogP contribution in [0.5, 0.6) is 5.75 Å². The number of benzene rings is 1. The van der Waals surface area contributed by atoms with Crippen LogP contribution in [0.25, 0.3) is 0 Å². The van der Waals surface area contributed by atoms with Gasteiger partial charge in [-0.2, -0.15) is 5.26 Å². The maximum atomic E-state index is 9.55. The monoisotopic (exact) mass is 260 g/mol. The van der Waals surface area contributed by atoms with Crippen LogP contribution >= 0.6 is 0 Å². The molecular weight excluding hydrogens is 236 g/mol. The van der Waals surface area contributed by atoms with Gasteiger partial charge in [-0.25, -0.2) is 0 Å². The zero-order chi connectivity index (χ0) is 14.3. The lowest BCUT2D eigenvalue weighted by Crippen LogP contribution is -2.37. The van der Waals surface area contributed by atoms with Crippen molar-refractivity contribution < 1.29 is 4.74 Å². The molecule has 19 heavy (non-hydrogen) atoms. The van der Waals surface area contributed by atoms with E-state index in [-0.39, 0.29) is 0 Å². The Hall–Kier alpha value is -1.69. The summed E-state index contributed by atoms with van der Waals surface area (Å²) in [7, 11) is 1.65. The van der Waals surface area contributed by atoms with Crippen molar-refractivity contribution in [1.29, 1.82) is 5.26 Å². The fourth-order valence-electron chi connectivity index (χ4n) is 2.13. The average Bonchev–Trinajstić information content (AvgIpc) is 2.47. The highest BCUT2D eigenvalue weighted by Gasteiger charge is 2.29. The van der Waals surface area contributed by atoms with Crippen LogP contribution in [0.15, 0.2) is 24.3 Å². The number of methoxy groups -OCH3 is 1. The Kier molecular flexibility index (Phi) is 5.69. The van der Waals surface area contributed by atoms with Crippen molar-refractivity contribution in [2.24, 2.45) is 5.92 Å². The number of nitrogens with zero attached hydrogens (tertiary/aromatic N) is 1. The second kappa shape index (κ2) is 7.04. The van der Waals surface area contributed by atoms with Crippen molar-refractivity contribution in [2.75, 3.05) is 12.4 Å². The minimum absolute atomic E-state index is 0.482. The Labute approximate surface area is 116 Å². The van der Waals surface area contributed by atoms with Gasteiger partial charge in [0.05, 0.1) is 13.2 Å². The third kappa shape index (κ3) is 4.17. The van der Waals surface area contributed by atoms with Gasteiger partial charge < -0.3 is 10.1 Å². The molecule has 1 rings (SSSR count). The van der Waals surface area contributed by atoms with Gasteiger partial charge in [0.15, 0.2) is 0 Å². The lowest BCUT2D eigenvalue weighted by Gasteiger charge is -2.30. The Morgan fingerprint density at radius 3 is 2.37 bits per heavy atom. The van der Waals surface area contributed by atoms with E-state index in [4.69, 9.17) is 4.74 Å². The summed E-state index contributed by atoms with van der Waals surface area (Å²) in [6, 6.07) is 10.2. The Morgan fingerprint density at radius 1 is 1.32 bits per heavy atom. The van der Waals surface area contributed by atoms with Gasteiger partial charge in [0, 0.05) is 5.69 Å². The first-order valence-corrected chi connectivity index (χ1v) is 6.92. The van der Waals surface area contributed by atoms with Gasteiger partial charge in [-0.15, -0.1) is 0 Å². The highest BCUT2D eigenvalue weighted by Crippen LogP contribution is 2.27. The first-order chi connectivity index (χ1) is 9.09. The van der Waals surface area contributed by atoms with Crippen LogP contribution in [0.4, 0.5) is 5.69 Å². The molecule has 1 aromatic carbocycles. The standard InChI is InChI=1S/C16H24N2O/c1-5-13(3)11-16(6-2,12-17)18-14-7-9-15(19-4)10-8-14/h7-10,13,18H,5-6,11H2,1-4H3. The quantitative estimate of drug-likeness (QED) is 0.798. The molecule has 2 unspecified atom stereocenters. The van der Waals surface area contributed by atoms with Crippen LogP contribution in [0.2, 0.25) is 0 Å². The van der Waals surface area contributed by atoms with Crippen LogP contribution < -0.4 is 10.1 Å². The summed E-state index contributed by atoms with van der Waals surface area (Å²) in [5.41, 5.74) is 0.483. The molecule has 0 aliphatic rings. The zero-order valence-corrected chi connectivity index (χ0v) is 12.4. The lowest BCUT2D eigenvalue weighted by atomic mass is 9.85. The van der Waals surface area contributed by atoms with Gasteiger partial charge >= 0.3 is 0 Å². The molecule has 0 aliphatic heterocycles. The average molecular weight is 260 g/mol. The van der Waals surface area contributed by atoms with E-state index in [0.717, 1.165) is 30.7 Å². The summed E-state index contributed by atoms with van der Waals surface area (Å²) in [4.78, 5) is 0. The Balaban J connectivity index is 2.85.